The van der Waals surface area contributed by atoms with Crippen molar-refractivity contribution >= 4 is 34.1 Å². The van der Waals surface area contributed by atoms with E-state index in [1.54, 1.807) is 28.6 Å². The van der Waals surface area contributed by atoms with Crippen molar-refractivity contribution in [2.24, 2.45) is 0 Å². The molecule has 1 amide bonds. The van der Waals surface area contributed by atoms with Crippen molar-refractivity contribution in [1.29, 1.82) is 0 Å². The molecule has 5 nitrogen and oxygen atoms in total. The first-order chi connectivity index (χ1) is 8.75. The van der Waals surface area contributed by atoms with Gasteiger partial charge in [-0.15, -0.1) is 22.0 Å². The van der Waals surface area contributed by atoms with Crippen molar-refractivity contribution in [3.05, 3.63) is 35.3 Å². The Hall–Kier alpha value is -1.60. The number of amides is 1. The van der Waals surface area contributed by atoms with Crippen molar-refractivity contribution < 1.29 is 9.90 Å². The molecule has 1 unspecified atom stereocenters. The van der Waals surface area contributed by atoms with Gasteiger partial charge in [0.25, 0.3) is 0 Å². The molecule has 0 saturated carbocycles. The molecular formula is C11H9N3O2S2. The highest BCUT2D eigenvalue weighted by Gasteiger charge is 2.35. The van der Waals surface area contributed by atoms with Crippen molar-refractivity contribution in [2.75, 3.05) is 10.7 Å². The molecule has 1 aromatic carbocycles. The molecule has 1 aliphatic heterocycles. The van der Waals surface area contributed by atoms with E-state index in [2.05, 4.69) is 10.2 Å². The van der Waals surface area contributed by atoms with E-state index in [0.29, 0.717) is 10.9 Å². The molecule has 1 atom stereocenters. The molecule has 0 aliphatic carbocycles. The van der Waals surface area contributed by atoms with Gasteiger partial charge in [0.05, 0.1) is 5.75 Å². The van der Waals surface area contributed by atoms with E-state index in [-0.39, 0.29) is 17.0 Å². The van der Waals surface area contributed by atoms with E-state index < -0.39 is 0 Å². The van der Waals surface area contributed by atoms with Gasteiger partial charge in [-0.3, -0.25) is 9.69 Å². The number of phenolic OH excluding ortho intramolecular Hbond substituents is 1. The van der Waals surface area contributed by atoms with Crippen LogP contribution < -0.4 is 4.90 Å². The van der Waals surface area contributed by atoms with Crippen LogP contribution >= 0.6 is 23.1 Å². The van der Waals surface area contributed by atoms with E-state index in [4.69, 9.17) is 0 Å². The number of phenols is 1. The van der Waals surface area contributed by atoms with Gasteiger partial charge >= 0.3 is 0 Å². The SMILES string of the molecule is O=C1CSC(c2cccc(O)c2)N1c1nncs1. The molecule has 18 heavy (non-hydrogen) atoms. The Labute approximate surface area is 111 Å². The predicted octanol–water partition coefficient (Wildman–Crippen LogP) is 2.02. The Morgan fingerprint density at radius 1 is 1.44 bits per heavy atom. The summed E-state index contributed by atoms with van der Waals surface area (Å²) in [5, 5.41) is 17.7. The molecule has 0 bridgehead atoms. The molecule has 1 saturated heterocycles. The second kappa shape index (κ2) is 4.58. The molecule has 1 aliphatic rings. The zero-order chi connectivity index (χ0) is 12.5. The van der Waals surface area contributed by atoms with E-state index >= 15 is 0 Å². The first-order valence-corrected chi connectivity index (χ1v) is 7.17. The summed E-state index contributed by atoms with van der Waals surface area (Å²) >= 11 is 2.86. The molecule has 1 aromatic heterocycles. The smallest absolute Gasteiger partial charge is 0.240 e. The van der Waals surface area contributed by atoms with Crippen LogP contribution in [0.25, 0.3) is 0 Å². The van der Waals surface area contributed by atoms with Crippen LogP contribution in [-0.4, -0.2) is 27.0 Å². The maximum Gasteiger partial charge on any atom is 0.240 e. The summed E-state index contributed by atoms with van der Waals surface area (Å²) in [4.78, 5) is 13.6. The zero-order valence-electron chi connectivity index (χ0n) is 9.18. The summed E-state index contributed by atoms with van der Waals surface area (Å²) in [5.41, 5.74) is 2.49. The summed E-state index contributed by atoms with van der Waals surface area (Å²) in [7, 11) is 0. The van der Waals surface area contributed by atoms with E-state index in [0.717, 1.165) is 5.56 Å². The highest BCUT2D eigenvalue weighted by atomic mass is 32.2. The molecule has 2 aromatic rings. The number of hydrogen-bond acceptors (Lipinski definition) is 6. The standard InChI is InChI=1S/C11H9N3O2S2/c15-8-3-1-2-7(4-8)10-14(9(16)5-17-10)11-13-12-6-18-11/h1-4,6,10,15H,5H2. The molecule has 3 rings (SSSR count). The molecule has 92 valence electrons. The molecule has 0 radical (unpaired) electrons. The summed E-state index contributed by atoms with van der Waals surface area (Å²) in [6, 6.07) is 6.95. The highest BCUT2D eigenvalue weighted by Crippen LogP contribution is 2.42. The molecule has 2 heterocycles. The molecule has 0 spiro atoms. The monoisotopic (exact) mass is 279 g/mol. The lowest BCUT2D eigenvalue weighted by Crippen LogP contribution is -2.27. The predicted molar refractivity (Wildman–Crippen MR) is 70.7 cm³/mol. The van der Waals surface area contributed by atoms with Crippen molar-refractivity contribution in [3.8, 4) is 5.75 Å². The zero-order valence-corrected chi connectivity index (χ0v) is 10.8. The van der Waals surface area contributed by atoms with Crippen LogP contribution in [0.5, 0.6) is 5.75 Å². The third kappa shape index (κ3) is 1.95. The molecule has 1 N–H and O–H groups in total. The fraction of sp³-hybridized carbons (Fsp3) is 0.182. The van der Waals surface area contributed by atoms with Gasteiger partial charge in [-0.2, -0.15) is 0 Å². The fourth-order valence-electron chi connectivity index (χ4n) is 1.83. The van der Waals surface area contributed by atoms with E-state index in [9.17, 15) is 9.90 Å². The molecule has 1 fully saturated rings. The highest BCUT2D eigenvalue weighted by molar-refractivity contribution is 8.00. The average molecular weight is 279 g/mol. The normalized spacial score (nSPS) is 19.4. The summed E-state index contributed by atoms with van der Waals surface area (Å²) < 4.78 is 0. The van der Waals surface area contributed by atoms with E-state index in [1.807, 2.05) is 6.07 Å². The largest absolute Gasteiger partial charge is 0.508 e. The minimum atomic E-state index is -0.141. The number of benzene rings is 1. The summed E-state index contributed by atoms with van der Waals surface area (Å²) in [5.74, 6) is 0.634. The Kier molecular flexibility index (Phi) is 2.92. The third-order valence-electron chi connectivity index (χ3n) is 2.58. The second-order valence-corrected chi connectivity index (χ2v) is 5.62. The number of hydrogen-bond donors (Lipinski definition) is 1. The number of aromatic hydroxyl groups is 1. The van der Waals surface area contributed by atoms with Gasteiger partial charge in [0.15, 0.2) is 0 Å². The number of thioether (sulfide) groups is 1. The maximum absolute atomic E-state index is 11.9. The first kappa shape index (κ1) is 11.5. The van der Waals surface area contributed by atoms with Crippen LogP contribution in [0, 0.1) is 0 Å². The van der Waals surface area contributed by atoms with Gasteiger partial charge in [-0.25, -0.2) is 0 Å². The molecule has 7 heteroatoms. The second-order valence-electron chi connectivity index (χ2n) is 3.74. The van der Waals surface area contributed by atoms with Crippen molar-refractivity contribution in [2.45, 2.75) is 5.37 Å². The van der Waals surface area contributed by atoms with E-state index in [1.165, 1.54) is 23.1 Å². The minimum Gasteiger partial charge on any atom is -0.508 e. The Bertz CT molecular complexity index is 573. The van der Waals surface area contributed by atoms with Crippen LogP contribution in [0.1, 0.15) is 10.9 Å². The van der Waals surface area contributed by atoms with Crippen LogP contribution in [0.4, 0.5) is 5.13 Å². The van der Waals surface area contributed by atoms with Crippen LogP contribution in [-0.2, 0) is 4.79 Å². The number of nitrogens with zero attached hydrogens (tertiary/aromatic N) is 3. The quantitative estimate of drug-likeness (QED) is 0.911. The lowest BCUT2D eigenvalue weighted by atomic mass is 10.2. The van der Waals surface area contributed by atoms with Crippen molar-refractivity contribution in [3.63, 3.8) is 0 Å². The van der Waals surface area contributed by atoms with Gasteiger partial charge < -0.3 is 5.11 Å². The Morgan fingerprint density at radius 3 is 3.06 bits per heavy atom. The van der Waals surface area contributed by atoms with Gasteiger partial charge in [0, 0.05) is 0 Å². The number of anilines is 1. The fourth-order valence-corrected chi connectivity index (χ4v) is 3.64. The number of aromatic nitrogens is 2. The maximum atomic E-state index is 11.9. The topological polar surface area (TPSA) is 66.3 Å². The first-order valence-electron chi connectivity index (χ1n) is 5.24. The molecular weight excluding hydrogens is 270 g/mol. The van der Waals surface area contributed by atoms with Crippen LogP contribution in [0.15, 0.2) is 29.8 Å². The van der Waals surface area contributed by atoms with Crippen molar-refractivity contribution in [1.82, 2.24) is 10.2 Å². The number of carbonyl (C=O) groups is 1. The Morgan fingerprint density at radius 2 is 2.33 bits per heavy atom. The van der Waals surface area contributed by atoms with Gasteiger partial charge in [-0.05, 0) is 17.7 Å². The van der Waals surface area contributed by atoms with Gasteiger partial charge in [0.1, 0.15) is 16.6 Å². The minimum absolute atomic E-state index is 0.0186. The number of rotatable bonds is 2. The third-order valence-corrected chi connectivity index (χ3v) is 4.48. The lowest BCUT2D eigenvalue weighted by molar-refractivity contribution is -0.115. The average Bonchev–Trinajstić information content (AvgIpc) is 2.97. The van der Waals surface area contributed by atoms with Crippen LogP contribution in [0.3, 0.4) is 0 Å². The number of carbonyl (C=O) groups excluding carboxylic acids is 1. The lowest BCUT2D eigenvalue weighted by Gasteiger charge is -2.20. The van der Waals surface area contributed by atoms with Gasteiger partial charge in [-0.1, -0.05) is 23.5 Å². The van der Waals surface area contributed by atoms with Gasteiger partial charge in [0.2, 0.25) is 11.0 Å². The Balaban J connectivity index is 1.99. The summed E-state index contributed by atoms with van der Waals surface area (Å²) in [6.07, 6.45) is 0. The van der Waals surface area contributed by atoms with Crippen LogP contribution in [0.2, 0.25) is 0 Å². The summed E-state index contributed by atoms with van der Waals surface area (Å²) in [6.45, 7) is 0.